The van der Waals surface area contributed by atoms with Gasteiger partial charge in [-0.3, -0.25) is 0 Å². The van der Waals surface area contributed by atoms with Crippen LogP contribution in [0.4, 0.5) is 5.69 Å². The van der Waals surface area contributed by atoms with Crippen molar-refractivity contribution >= 4 is 56.2 Å². The van der Waals surface area contributed by atoms with E-state index in [2.05, 4.69) is 55.4 Å². The summed E-state index contributed by atoms with van der Waals surface area (Å²) >= 11 is 17.6. The molecular formula is C10H13NOS4. The molecule has 0 spiro atoms. The van der Waals surface area contributed by atoms with E-state index in [1.807, 2.05) is 6.07 Å². The van der Waals surface area contributed by atoms with Gasteiger partial charge in [-0.05, 0) is 6.07 Å². The van der Waals surface area contributed by atoms with Crippen LogP contribution in [0.1, 0.15) is 0 Å². The van der Waals surface area contributed by atoms with E-state index in [4.69, 9.17) is 4.74 Å². The van der Waals surface area contributed by atoms with Gasteiger partial charge in [0.15, 0.2) is 0 Å². The van der Waals surface area contributed by atoms with E-state index in [0.717, 1.165) is 51.6 Å². The second-order valence-corrected chi connectivity index (χ2v) is 5.38. The zero-order valence-corrected chi connectivity index (χ0v) is 12.1. The Kier molecular flexibility index (Phi) is 4.29. The molecule has 0 saturated carbocycles. The highest BCUT2D eigenvalue weighted by Gasteiger charge is 2.17. The highest BCUT2D eigenvalue weighted by Crippen LogP contribution is 2.38. The summed E-state index contributed by atoms with van der Waals surface area (Å²) in [5.74, 6) is 0. The topological polar surface area (TPSA) is 12.5 Å². The van der Waals surface area contributed by atoms with E-state index in [-0.39, 0.29) is 0 Å². The lowest BCUT2D eigenvalue weighted by Gasteiger charge is -2.30. The molecular weight excluding hydrogens is 278 g/mol. The van der Waals surface area contributed by atoms with Crippen LogP contribution in [0, 0.1) is 0 Å². The Morgan fingerprint density at radius 3 is 2.19 bits per heavy atom. The summed E-state index contributed by atoms with van der Waals surface area (Å²) in [6.07, 6.45) is 0. The maximum Gasteiger partial charge on any atom is 0.0642 e. The van der Waals surface area contributed by atoms with Crippen molar-refractivity contribution in [1.29, 1.82) is 0 Å². The predicted molar refractivity (Wildman–Crippen MR) is 78.5 cm³/mol. The smallest absolute Gasteiger partial charge is 0.0642 e. The Balaban J connectivity index is 2.40. The number of hydrogen-bond donors (Lipinski definition) is 4. The Labute approximate surface area is 117 Å². The summed E-state index contributed by atoms with van der Waals surface area (Å²) in [6.45, 7) is 3.25. The standard InChI is InChI=1S/C10H13NOS4/c13-7-5-6(8(14)10(16)9(7)15)11-1-3-12-4-2-11/h5,13-16H,1-4H2. The highest BCUT2D eigenvalue weighted by atomic mass is 32.1. The average Bonchev–Trinajstić information content (AvgIpc) is 2.32. The van der Waals surface area contributed by atoms with Gasteiger partial charge in [-0.15, -0.1) is 50.5 Å². The minimum Gasteiger partial charge on any atom is -0.378 e. The number of morpholine rings is 1. The van der Waals surface area contributed by atoms with Crippen LogP contribution < -0.4 is 4.90 Å². The summed E-state index contributed by atoms with van der Waals surface area (Å²) in [4.78, 5) is 5.47. The van der Waals surface area contributed by atoms with Gasteiger partial charge in [0.2, 0.25) is 0 Å². The van der Waals surface area contributed by atoms with Crippen LogP contribution in [0.2, 0.25) is 0 Å². The number of anilines is 1. The molecule has 0 radical (unpaired) electrons. The first-order valence-electron chi connectivity index (χ1n) is 4.91. The average molecular weight is 291 g/mol. The molecule has 0 amide bonds. The molecule has 1 aliphatic heterocycles. The van der Waals surface area contributed by atoms with Gasteiger partial charge in [0.05, 0.1) is 18.9 Å². The van der Waals surface area contributed by atoms with Crippen LogP contribution in [-0.2, 0) is 4.74 Å². The van der Waals surface area contributed by atoms with Gasteiger partial charge >= 0.3 is 0 Å². The van der Waals surface area contributed by atoms with E-state index in [1.54, 1.807) is 0 Å². The number of rotatable bonds is 1. The number of benzene rings is 1. The zero-order chi connectivity index (χ0) is 11.7. The number of ether oxygens (including phenoxy) is 1. The van der Waals surface area contributed by atoms with Crippen molar-refractivity contribution in [2.45, 2.75) is 19.6 Å². The molecule has 0 unspecified atom stereocenters. The minimum atomic E-state index is 0.750. The molecule has 0 aliphatic carbocycles. The summed E-state index contributed by atoms with van der Waals surface area (Å²) in [6, 6.07) is 1.98. The second-order valence-electron chi connectivity index (χ2n) is 3.56. The maximum atomic E-state index is 5.33. The van der Waals surface area contributed by atoms with Crippen LogP contribution in [0.5, 0.6) is 0 Å². The first kappa shape index (κ1) is 12.8. The van der Waals surface area contributed by atoms with E-state index < -0.39 is 0 Å². The Hall–Kier alpha value is 0.380. The Morgan fingerprint density at radius 1 is 0.938 bits per heavy atom. The monoisotopic (exact) mass is 291 g/mol. The van der Waals surface area contributed by atoms with Crippen LogP contribution >= 0.6 is 50.5 Å². The quantitative estimate of drug-likeness (QED) is 0.594. The van der Waals surface area contributed by atoms with Crippen LogP contribution in [0.3, 0.4) is 0 Å². The van der Waals surface area contributed by atoms with E-state index in [9.17, 15) is 0 Å². The maximum absolute atomic E-state index is 5.33. The molecule has 2 rings (SSSR count). The van der Waals surface area contributed by atoms with E-state index in [0.29, 0.717) is 0 Å². The summed E-state index contributed by atoms with van der Waals surface area (Å²) in [5.41, 5.74) is 1.06. The van der Waals surface area contributed by atoms with Crippen molar-refractivity contribution < 1.29 is 4.74 Å². The molecule has 16 heavy (non-hydrogen) atoms. The Morgan fingerprint density at radius 2 is 1.56 bits per heavy atom. The lowest BCUT2D eigenvalue weighted by atomic mass is 10.2. The largest absolute Gasteiger partial charge is 0.378 e. The van der Waals surface area contributed by atoms with Crippen LogP contribution in [0.15, 0.2) is 25.6 Å². The lowest BCUT2D eigenvalue weighted by molar-refractivity contribution is 0.122. The lowest BCUT2D eigenvalue weighted by Crippen LogP contribution is -2.36. The minimum absolute atomic E-state index is 0.750. The SMILES string of the molecule is Sc1cc(N2CCOCC2)c(S)c(S)c1S. The highest BCUT2D eigenvalue weighted by molar-refractivity contribution is 7.86. The molecule has 0 bridgehead atoms. The molecule has 1 fully saturated rings. The molecule has 0 N–H and O–H groups in total. The van der Waals surface area contributed by atoms with Crippen molar-refractivity contribution in [3.05, 3.63) is 6.07 Å². The van der Waals surface area contributed by atoms with Gasteiger partial charge in [-0.1, -0.05) is 0 Å². The number of thiol groups is 4. The molecule has 6 heteroatoms. The fourth-order valence-corrected chi connectivity index (χ4v) is 2.81. The van der Waals surface area contributed by atoms with Crippen molar-refractivity contribution in [3.8, 4) is 0 Å². The molecule has 0 aromatic heterocycles. The number of hydrogen-bond acceptors (Lipinski definition) is 6. The molecule has 2 nitrogen and oxygen atoms in total. The van der Waals surface area contributed by atoms with Crippen molar-refractivity contribution in [3.63, 3.8) is 0 Å². The fraction of sp³-hybridized carbons (Fsp3) is 0.400. The van der Waals surface area contributed by atoms with Crippen LogP contribution in [0.25, 0.3) is 0 Å². The van der Waals surface area contributed by atoms with Crippen molar-refractivity contribution in [2.24, 2.45) is 0 Å². The molecule has 88 valence electrons. The van der Waals surface area contributed by atoms with E-state index in [1.165, 1.54) is 0 Å². The van der Waals surface area contributed by atoms with Crippen molar-refractivity contribution in [2.75, 3.05) is 31.2 Å². The number of nitrogens with zero attached hydrogens (tertiary/aromatic N) is 1. The summed E-state index contributed by atoms with van der Waals surface area (Å²) < 4.78 is 5.33. The predicted octanol–water partition coefficient (Wildman–Crippen LogP) is 2.68. The molecule has 1 aromatic rings. The van der Waals surface area contributed by atoms with E-state index >= 15 is 0 Å². The van der Waals surface area contributed by atoms with Gasteiger partial charge in [0.25, 0.3) is 0 Å². The van der Waals surface area contributed by atoms with Gasteiger partial charge in [0.1, 0.15) is 0 Å². The fourth-order valence-electron chi connectivity index (χ4n) is 1.67. The molecule has 1 aromatic carbocycles. The first-order valence-corrected chi connectivity index (χ1v) is 6.69. The van der Waals surface area contributed by atoms with Gasteiger partial charge in [0, 0.05) is 32.7 Å². The molecule has 1 aliphatic rings. The third-order valence-electron chi connectivity index (χ3n) is 2.56. The molecule has 0 atom stereocenters. The molecule has 1 saturated heterocycles. The van der Waals surface area contributed by atoms with Gasteiger partial charge in [-0.2, -0.15) is 0 Å². The van der Waals surface area contributed by atoms with Crippen LogP contribution in [-0.4, -0.2) is 26.3 Å². The first-order chi connectivity index (χ1) is 7.61. The normalized spacial score (nSPS) is 16.6. The van der Waals surface area contributed by atoms with Gasteiger partial charge in [-0.25, -0.2) is 0 Å². The van der Waals surface area contributed by atoms with Crippen molar-refractivity contribution in [1.82, 2.24) is 0 Å². The third-order valence-corrected chi connectivity index (χ3v) is 4.81. The zero-order valence-electron chi connectivity index (χ0n) is 8.55. The summed E-state index contributed by atoms with van der Waals surface area (Å²) in [7, 11) is 0. The second kappa shape index (κ2) is 5.35. The third kappa shape index (κ3) is 2.46. The van der Waals surface area contributed by atoms with Gasteiger partial charge < -0.3 is 9.64 Å². The Bertz CT molecular complexity index is 404. The summed E-state index contributed by atoms with van der Waals surface area (Å²) in [5, 5.41) is 0. The molecule has 1 heterocycles.